The van der Waals surface area contributed by atoms with Crippen LogP contribution in [0.3, 0.4) is 0 Å². The van der Waals surface area contributed by atoms with Gasteiger partial charge in [-0.3, -0.25) is 4.79 Å². The van der Waals surface area contributed by atoms with Crippen LogP contribution < -0.4 is 5.73 Å². The number of anilines is 1. The van der Waals surface area contributed by atoms with E-state index >= 15 is 0 Å². The molecule has 0 aliphatic carbocycles. The van der Waals surface area contributed by atoms with Gasteiger partial charge in [0.25, 0.3) is 0 Å². The van der Waals surface area contributed by atoms with Crippen molar-refractivity contribution in [3.05, 3.63) is 29.8 Å². The van der Waals surface area contributed by atoms with Crippen molar-refractivity contribution >= 4 is 11.6 Å². The fraction of sp³-hybridized carbons (Fsp3) is 0.500. The van der Waals surface area contributed by atoms with Gasteiger partial charge in [-0.2, -0.15) is 0 Å². The summed E-state index contributed by atoms with van der Waals surface area (Å²) in [6, 6.07) is 7.65. The van der Waals surface area contributed by atoms with Crippen LogP contribution in [0.1, 0.15) is 25.3 Å². The molecule has 0 fully saturated rings. The van der Waals surface area contributed by atoms with E-state index in [1.807, 2.05) is 36.1 Å². The first-order valence-corrected chi connectivity index (χ1v) is 6.28. The maximum absolute atomic E-state index is 12.0. The van der Waals surface area contributed by atoms with E-state index in [2.05, 4.69) is 0 Å². The molecule has 0 saturated heterocycles. The standard InChI is InChI=1S/C14H22N2O2/c1-3-16(14(17)8-5-9-18-2)11-12-6-4-7-13(15)10-12/h4,6-7,10H,3,5,8-9,11,15H2,1-2H3. The molecule has 0 aromatic heterocycles. The molecule has 1 rings (SSSR count). The highest BCUT2D eigenvalue weighted by molar-refractivity contribution is 5.76. The van der Waals surface area contributed by atoms with Crippen molar-refractivity contribution in [2.75, 3.05) is 26.0 Å². The zero-order valence-electron chi connectivity index (χ0n) is 11.2. The molecule has 0 aliphatic rings. The minimum Gasteiger partial charge on any atom is -0.399 e. The molecule has 100 valence electrons. The van der Waals surface area contributed by atoms with Crippen molar-refractivity contribution in [1.82, 2.24) is 4.90 Å². The monoisotopic (exact) mass is 250 g/mol. The third-order valence-corrected chi connectivity index (χ3v) is 2.80. The zero-order valence-corrected chi connectivity index (χ0v) is 11.2. The number of methoxy groups -OCH3 is 1. The summed E-state index contributed by atoms with van der Waals surface area (Å²) in [4.78, 5) is 13.8. The molecule has 1 amide bonds. The maximum Gasteiger partial charge on any atom is 0.222 e. The van der Waals surface area contributed by atoms with Crippen LogP contribution >= 0.6 is 0 Å². The Kier molecular flexibility index (Phi) is 6.22. The summed E-state index contributed by atoms with van der Waals surface area (Å²) >= 11 is 0. The second kappa shape index (κ2) is 7.71. The van der Waals surface area contributed by atoms with Crippen LogP contribution in [0.2, 0.25) is 0 Å². The number of hydrogen-bond donors (Lipinski definition) is 1. The highest BCUT2D eigenvalue weighted by Crippen LogP contribution is 2.10. The van der Waals surface area contributed by atoms with Gasteiger partial charge >= 0.3 is 0 Å². The second-order valence-electron chi connectivity index (χ2n) is 4.25. The highest BCUT2D eigenvalue weighted by Gasteiger charge is 2.11. The summed E-state index contributed by atoms with van der Waals surface area (Å²) in [6.07, 6.45) is 1.30. The summed E-state index contributed by atoms with van der Waals surface area (Å²) in [7, 11) is 1.65. The van der Waals surface area contributed by atoms with E-state index in [4.69, 9.17) is 10.5 Å². The molecule has 0 atom stereocenters. The Morgan fingerprint density at radius 1 is 1.44 bits per heavy atom. The molecule has 0 heterocycles. The van der Waals surface area contributed by atoms with E-state index < -0.39 is 0 Å². The average molecular weight is 250 g/mol. The van der Waals surface area contributed by atoms with Crippen LogP contribution in [0.4, 0.5) is 5.69 Å². The van der Waals surface area contributed by atoms with Gasteiger partial charge in [-0.1, -0.05) is 12.1 Å². The van der Waals surface area contributed by atoms with Crippen molar-refractivity contribution in [1.29, 1.82) is 0 Å². The molecule has 18 heavy (non-hydrogen) atoms. The number of benzene rings is 1. The van der Waals surface area contributed by atoms with Crippen molar-refractivity contribution in [3.63, 3.8) is 0 Å². The number of amides is 1. The molecular weight excluding hydrogens is 228 g/mol. The van der Waals surface area contributed by atoms with Gasteiger partial charge in [0.15, 0.2) is 0 Å². The van der Waals surface area contributed by atoms with Gasteiger partial charge in [0, 0.05) is 38.9 Å². The minimum atomic E-state index is 0.164. The minimum absolute atomic E-state index is 0.164. The van der Waals surface area contributed by atoms with Crippen LogP contribution in [-0.2, 0) is 16.1 Å². The summed E-state index contributed by atoms with van der Waals surface area (Å²) < 4.78 is 4.95. The predicted molar refractivity (Wildman–Crippen MR) is 73.1 cm³/mol. The largest absolute Gasteiger partial charge is 0.399 e. The molecule has 0 aliphatic heterocycles. The lowest BCUT2D eigenvalue weighted by Gasteiger charge is -2.21. The van der Waals surface area contributed by atoms with Crippen LogP contribution in [0.15, 0.2) is 24.3 Å². The Morgan fingerprint density at radius 3 is 2.83 bits per heavy atom. The molecule has 0 radical (unpaired) electrons. The van der Waals surface area contributed by atoms with Gasteiger partial charge in [0.1, 0.15) is 0 Å². The number of nitrogens with zero attached hydrogens (tertiary/aromatic N) is 1. The quantitative estimate of drug-likeness (QED) is 0.595. The zero-order chi connectivity index (χ0) is 13.4. The summed E-state index contributed by atoms with van der Waals surface area (Å²) in [5.41, 5.74) is 7.53. The number of rotatable bonds is 7. The normalized spacial score (nSPS) is 10.3. The predicted octanol–water partition coefficient (Wildman–Crippen LogP) is 2.04. The first kappa shape index (κ1) is 14.5. The lowest BCUT2D eigenvalue weighted by Crippen LogP contribution is -2.30. The lowest BCUT2D eigenvalue weighted by atomic mass is 10.2. The smallest absolute Gasteiger partial charge is 0.222 e. The molecule has 0 saturated carbocycles. The molecule has 4 heteroatoms. The molecule has 0 spiro atoms. The first-order valence-electron chi connectivity index (χ1n) is 6.28. The van der Waals surface area contributed by atoms with E-state index in [0.717, 1.165) is 17.7 Å². The van der Waals surface area contributed by atoms with Crippen molar-refractivity contribution in [3.8, 4) is 0 Å². The van der Waals surface area contributed by atoms with Crippen LogP contribution in [0.5, 0.6) is 0 Å². The summed E-state index contributed by atoms with van der Waals surface area (Å²) in [6.45, 7) is 3.94. The van der Waals surface area contributed by atoms with Gasteiger partial charge < -0.3 is 15.4 Å². The van der Waals surface area contributed by atoms with Gasteiger partial charge in [-0.25, -0.2) is 0 Å². The molecule has 0 bridgehead atoms. The molecule has 4 nitrogen and oxygen atoms in total. The Bertz CT molecular complexity index is 380. The summed E-state index contributed by atoms with van der Waals surface area (Å²) in [5.74, 6) is 0.164. The number of ether oxygens (including phenoxy) is 1. The summed E-state index contributed by atoms with van der Waals surface area (Å²) in [5, 5.41) is 0. The number of hydrogen-bond acceptors (Lipinski definition) is 3. The van der Waals surface area contributed by atoms with Crippen LogP contribution in [0, 0.1) is 0 Å². The van der Waals surface area contributed by atoms with Crippen molar-refractivity contribution < 1.29 is 9.53 Å². The Balaban J connectivity index is 2.53. The third-order valence-electron chi connectivity index (χ3n) is 2.80. The van der Waals surface area contributed by atoms with Crippen molar-refractivity contribution in [2.24, 2.45) is 0 Å². The Hall–Kier alpha value is -1.55. The van der Waals surface area contributed by atoms with Crippen molar-refractivity contribution in [2.45, 2.75) is 26.3 Å². The highest BCUT2D eigenvalue weighted by atomic mass is 16.5. The molecular formula is C14H22N2O2. The van der Waals surface area contributed by atoms with Crippen LogP contribution in [0.25, 0.3) is 0 Å². The topological polar surface area (TPSA) is 55.6 Å². The molecule has 0 unspecified atom stereocenters. The number of carbonyl (C=O) groups is 1. The fourth-order valence-corrected chi connectivity index (χ4v) is 1.81. The van der Waals surface area contributed by atoms with E-state index in [1.165, 1.54) is 0 Å². The van der Waals surface area contributed by atoms with Crippen LogP contribution in [-0.4, -0.2) is 31.1 Å². The van der Waals surface area contributed by atoms with E-state index in [0.29, 0.717) is 26.1 Å². The van der Waals surface area contributed by atoms with E-state index in [-0.39, 0.29) is 5.91 Å². The fourth-order valence-electron chi connectivity index (χ4n) is 1.81. The Morgan fingerprint density at radius 2 is 2.22 bits per heavy atom. The van der Waals surface area contributed by atoms with E-state index in [9.17, 15) is 4.79 Å². The number of carbonyl (C=O) groups excluding carboxylic acids is 1. The average Bonchev–Trinajstić information content (AvgIpc) is 2.36. The molecule has 2 N–H and O–H groups in total. The van der Waals surface area contributed by atoms with Gasteiger partial charge in [0.05, 0.1) is 0 Å². The van der Waals surface area contributed by atoms with E-state index in [1.54, 1.807) is 7.11 Å². The van der Waals surface area contributed by atoms with Gasteiger partial charge in [0.2, 0.25) is 5.91 Å². The lowest BCUT2D eigenvalue weighted by molar-refractivity contribution is -0.131. The Labute approximate surface area is 109 Å². The third kappa shape index (κ3) is 4.75. The first-order chi connectivity index (χ1) is 8.67. The van der Waals surface area contributed by atoms with Gasteiger partial charge in [-0.15, -0.1) is 0 Å². The van der Waals surface area contributed by atoms with Gasteiger partial charge in [-0.05, 0) is 31.0 Å². The number of nitrogen functional groups attached to an aromatic ring is 1. The molecule has 1 aromatic carbocycles. The second-order valence-corrected chi connectivity index (χ2v) is 4.25. The molecule has 1 aromatic rings. The maximum atomic E-state index is 12.0. The SMILES string of the molecule is CCN(Cc1cccc(N)c1)C(=O)CCCOC. The number of nitrogens with two attached hydrogens (primary N) is 1.